The van der Waals surface area contributed by atoms with Crippen molar-refractivity contribution in [1.82, 2.24) is 19.9 Å². The molecule has 4 aliphatic heterocycles. The average Bonchev–Trinajstić information content (AvgIpc) is 1.76. The maximum Gasteiger partial charge on any atom is 0.303 e. The molecule has 0 aliphatic carbocycles. The molecule has 490 valence electrons. The van der Waals surface area contributed by atoms with Crippen molar-refractivity contribution < 1.29 is 99.4 Å². The lowest BCUT2D eigenvalue weighted by Crippen LogP contribution is -2.67. The van der Waals surface area contributed by atoms with Gasteiger partial charge in [-0.1, -0.05) is 12.1 Å². The van der Waals surface area contributed by atoms with Gasteiger partial charge in [-0.3, -0.25) is 33.6 Å². The second kappa shape index (κ2) is 28.2. The van der Waals surface area contributed by atoms with Gasteiger partial charge in [-0.2, -0.15) is 0 Å². The molecule has 2 saturated heterocycles. The third-order valence-corrected chi connectivity index (χ3v) is 15.8. The normalized spacial score (nSPS) is 21.2. The number of nitrogens with one attached hydrogen (secondary N) is 2. The summed E-state index contributed by atoms with van der Waals surface area (Å²) in [5.74, 6) is -5.91. The summed E-state index contributed by atoms with van der Waals surface area (Å²) in [5, 5.41) is 0. The number of H-pyrrole nitrogens is 2. The fourth-order valence-corrected chi connectivity index (χ4v) is 11.8. The Bertz CT molecular complexity index is 4310. The van der Waals surface area contributed by atoms with Crippen LogP contribution < -0.4 is 18.4 Å². The Labute approximate surface area is 544 Å². The van der Waals surface area contributed by atoms with E-state index >= 15 is 0 Å². The van der Waals surface area contributed by atoms with Crippen LogP contribution in [-0.4, -0.2) is 136 Å². The van der Waals surface area contributed by atoms with E-state index in [0.717, 1.165) is 110 Å². The van der Waals surface area contributed by atoms with Gasteiger partial charge in [0.15, 0.2) is 67.9 Å². The summed E-state index contributed by atoms with van der Waals surface area (Å²) in [6.07, 6.45) is 3.38. The van der Waals surface area contributed by atoms with Crippen molar-refractivity contribution in [3.63, 3.8) is 0 Å². The highest BCUT2D eigenvalue weighted by Gasteiger charge is 2.58. The molecule has 10 heterocycles. The number of carbonyl (C=O) groups is 7. The fraction of sp³-hybridized carbons (Fsp3) is 0.314. The first-order valence-corrected chi connectivity index (χ1v) is 30.4. The summed E-state index contributed by atoms with van der Waals surface area (Å²) >= 11 is 0. The van der Waals surface area contributed by atoms with Gasteiger partial charge in [-0.05, 0) is 83.0 Å². The molecule has 2 N–H and O–H groups in total. The number of ether oxygens (including phenoxy) is 11. The largest absolute Gasteiger partial charge is 0.463 e. The molecule has 10 atom stereocenters. The van der Waals surface area contributed by atoms with Gasteiger partial charge in [-0.25, -0.2) is 23.7 Å². The number of carbonyl (C=O) groups excluding carboxylic acids is 7. The van der Waals surface area contributed by atoms with Crippen molar-refractivity contribution in [2.24, 2.45) is 21.1 Å². The summed E-state index contributed by atoms with van der Waals surface area (Å²) in [6, 6.07) is 27.4. The highest BCUT2D eigenvalue weighted by molar-refractivity contribution is 5.99. The molecule has 7 aromatic rings. The molecular formula is C70H70N7O18+3. The quantitative estimate of drug-likeness (QED) is 0.0538. The first-order chi connectivity index (χ1) is 45.5. The summed E-state index contributed by atoms with van der Waals surface area (Å²) in [4.78, 5) is 108. The minimum Gasteiger partial charge on any atom is -0.463 e. The predicted octanol–water partition coefficient (Wildman–Crippen LogP) is 6.80. The number of esters is 7. The Balaban J connectivity index is 1.03. The van der Waals surface area contributed by atoms with Crippen LogP contribution in [0.25, 0.3) is 90.9 Å². The maximum atomic E-state index is 13.3. The van der Waals surface area contributed by atoms with Crippen LogP contribution in [0.1, 0.15) is 71.2 Å². The fourth-order valence-electron chi connectivity index (χ4n) is 11.8. The van der Waals surface area contributed by atoms with E-state index in [1.165, 1.54) is 0 Å². The first-order valence-electron chi connectivity index (χ1n) is 30.4. The number of fused-ring (bicyclic) bond motifs is 8. The predicted molar refractivity (Wildman–Crippen MR) is 338 cm³/mol. The Morgan fingerprint density at radius 3 is 1.04 bits per heavy atom. The Morgan fingerprint density at radius 1 is 0.379 bits per heavy atom. The van der Waals surface area contributed by atoms with E-state index in [1.54, 1.807) is 12.1 Å². The molecular weight excluding hydrogens is 1230 g/mol. The number of benzene rings is 1. The van der Waals surface area contributed by atoms with E-state index in [4.69, 9.17) is 62.1 Å². The smallest absolute Gasteiger partial charge is 0.303 e. The Kier molecular flexibility index (Phi) is 19.5. The Hall–Kier alpha value is -10.8. The molecule has 11 rings (SSSR count). The van der Waals surface area contributed by atoms with Crippen LogP contribution in [0.5, 0.6) is 5.75 Å². The lowest BCUT2D eigenvalue weighted by Gasteiger charge is -2.48. The van der Waals surface area contributed by atoms with E-state index in [2.05, 4.69) is 34.2 Å². The van der Waals surface area contributed by atoms with Gasteiger partial charge in [0.2, 0.25) is 12.4 Å². The van der Waals surface area contributed by atoms with Crippen LogP contribution in [0.3, 0.4) is 0 Å². The van der Waals surface area contributed by atoms with Crippen LogP contribution in [0.15, 0.2) is 122 Å². The molecule has 8 bridgehead atoms. The van der Waals surface area contributed by atoms with Gasteiger partial charge >= 0.3 is 41.8 Å². The number of hydrogen-bond acceptors (Lipinski definition) is 20. The van der Waals surface area contributed by atoms with Crippen LogP contribution in [-0.2, 0) is 102 Å². The summed E-state index contributed by atoms with van der Waals surface area (Å²) in [5.41, 5.74) is 12.6. The third-order valence-electron chi connectivity index (χ3n) is 15.8. The van der Waals surface area contributed by atoms with Crippen molar-refractivity contribution in [2.45, 2.75) is 110 Å². The van der Waals surface area contributed by atoms with Gasteiger partial charge < -0.3 is 62.1 Å². The zero-order valence-corrected chi connectivity index (χ0v) is 53.6. The van der Waals surface area contributed by atoms with Crippen LogP contribution in [0, 0.1) is 0 Å². The molecule has 4 aliphatic rings. The molecule has 0 saturated carbocycles. The number of hydrogen-bond donors (Lipinski definition) is 2. The van der Waals surface area contributed by atoms with Crippen molar-refractivity contribution >= 4 is 88.2 Å². The molecule has 0 unspecified atom stereocenters. The van der Waals surface area contributed by atoms with Crippen molar-refractivity contribution in [3.8, 4) is 50.3 Å². The minimum atomic E-state index is -1.88. The van der Waals surface area contributed by atoms with Gasteiger partial charge in [0.1, 0.15) is 58.4 Å². The zero-order valence-electron chi connectivity index (χ0n) is 53.6. The van der Waals surface area contributed by atoms with Gasteiger partial charge in [0.05, 0.1) is 22.8 Å². The molecule has 1 aromatic carbocycles. The molecule has 25 nitrogen and oxygen atoms in total. The molecule has 25 heteroatoms. The van der Waals surface area contributed by atoms with Crippen LogP contribution in [0.2, 0.25) is 0 Å². The van der Waals surface area contributed by atoms with E-state index < -0.39 is 116 Å². The van der Waals surface area contributed by atoms with Gasteiger partial charge in [-0.15, -0.1) is 0 Å². The molecule has 0 spiro atoms. The SMILES string of the molecule is CC(=O)OC[C@H]1O[C@H](O[C@H]2[C@H](OC(C)=O)[C@@H](OC(C)=O)[C@H](Oc3ccc(-c4c5nc(c(-c6cc[n+](C)cc6)c6ccc([nH]6)c(-c6cc[n+](C)cc6)c6nc(c(-c7cc[n+](C)cc7)c7ccc4[nH]7)C=C6)C=C5)cc3)O[C@@H]2COC(C)=O)[C@H](OC(C)=O)[C@@H](OC(C)=O)[C@@H]1OC(C)=O. The van der Waals surface area contributed by atoms with Gasteiger partial charge in [0.25, 0.3) is 0 Å². The average molecular weight is 1300 g/mol. The molecule has 0 radical (unpaired) electrons. The van der Waals surface area contributed by atoms with E-state index in [9.17, 15) is 33.6 Å². The molecule has 2 fully saturated rings. The second-order valence-corrected chi connectivity index (χ2v) is 23.1. The van der Waals surface area contributed by atoms with Crippen LogP contribution >= 0.6 is 0 Å². The summed E-state index contributed by atoms with van der Waals surface area (Å²) in [7, 11) is 5.89. The topological polar surface area (TPSA) is 290 Å². The number of pyridine rings is 3. The monoisotopic (exact) mass is 1300 g/mol. The first kappa shape index (κ1) is 65.7. The lowest BCUT2D eigenvalue weighted by atomic mass is 9.96. The van der Waals surface area contributed by atoms with Crippen molar-refractivity contribution in [3.05, 3.63) is 145 Å². The molecule has 6 aromatic heterocycles. The maximum absolute atomic E-state index is 13.3. The summed E-state index contributed by atoms with van der Waals surface area (Å²) in [6.45, 7) is 6.34. The zero-order chi connectivity index (χ0) is 67.4. The van der Waals surface area contributed by atoms with Gasteiger partial charge in [0, 0.05) is 129 Å². The molecule has 95 heavy (non-hydrogen) atoms. The van der Waals surface area contributed by atoms with Crippen molar-refractivity contribution in [2.75, 3.05) is 13.2 Å². The standard InChI is InChI=1S/C70H69N7O18/c1-37(78)85-35-57-63(87-39(3)80)65(88-40(4)81)68(91-43(7)84)70(94-57)95-64-58(36-86-38(2)79)93-69(67(90-42(6)83)66(64)89-41(5)82)92-48-13-11-44(12-14-48)59-49-15-17-51(71-49)60(45-23-29-75(8)30-24-45)53-19-21-55(73-53)62(47-27-33-77(10)34-28-47)56-22-20-54(74-56)61(52-18-16-50(59)72-52)46-25-31-76(9)32-26-46/h11-34,57-58,63-70H,35-36H2,1-10H3,(H,71,72,73,74)/q+2/p+1/t57-,58-,63-,64-,65+,66+,67-,68-,69-,70-/m1/s1. The number of nitrogens with zero attached hydrogens (tertiary/aromatic N) is 5. The van der Waals surface area contributed by atoms with E-state index in [0.29, 0.717) is 28.0 Å². The Morgan fingerprint density at radius 2 is 0.684 bits per heavy atom. The number of rotatable bonds is 17. The van der Waals surface area contributed by atoms with Crippen molar-refractivity contribution in [1.29, 1.82) is 0 Å². The third kappa shape index (κ3) is 15.0. The lowest BCUT2D eigenvalue weighted by molar-refractivity contribution is -0.671. The molecule has 0 amide bonds. The highest BCUT2D eigenvalue weighted by Crippen LogP contribution is 2.41. The number of aromatic amines is 2. The summed E-state index contributed by atoms with van der Waals surface area (Å²) < 4.78 is 71.3. The van der Waals surface area contributed by atoms with E-state index in [1.807, 2.05) is 145 Å². The minimum absolute atomic E-state index is 0.154. The number of aryl methyl sites for hydroxylation is 3. The highest BCUT2D eigenvalue weighted by atomic mass is 16.8. The second-order valence-electron chi connectivity index (χ2n) is 23.1. The van der Waals surface area contributed by atoms with Crippen LogP contribution in [0.4, 0.5) is 0 Å². The van der Waals surface area contributed by atoms with E-state index in [-0.39, 0.29) is 5.75 Å². The number of aromatic nitrogens is 7.